The van der Waals surface area contributed by atoms with Crippen LogP contribution in [0.3, 0.4) is 0 Å². The van der Waals surface area contributed by atoms with Crippen molar-refractivity contribution in [1.82, 2.24) is 24.8 Å². The molecule has 0 amide bonds. The largest absolute Gasteiger partial charge is 0.301 e. The number of nitrogens with zero attached hydrogens (tertiary/aromatic N) is 4. The first kappa shape index (κ1) is 15.3. The fourth-order valence-electron chi connectivity index (χ4n) is 3.00. The normalized spacial score (nSPS) is 14.7. The van der Waals surface area contributed by atoms with Gasteiger partial charge in [0, 0.05) is 37.6 Å². The summed E-state index contributed by atoms with van der Waals surface area (Å²) < 4.78 is 0. The van der Waals surface area contributed by atoms with Gasteiger partial charge in [-0.15, -0.1) is 0 Å². The van der Waals surface area contributed by atoms with Gasteiger partial charge in [-0.2, -0.15) is 0 Å². The first-order valence-electron chi connectivity index (χ1n) is 7.82. The maximum atomic E-state index is 12.3. The lowest BCUT2D eigenvalue weighted by molar-refractivity contribution is 0.238. The highest BCUT2D eigenvalue weighted by Gasteiger charge is 2.21. The first-order chi connectivity index (χ1) is 11.7. The molecule has 4 rings (SSSR count). The van der Waals surface area contributed by atoms with Crippen molar-refractivity contribution in [2.75, 3.05) is 12.8 Å². The highest BCUT2D eigenvalue weighted by Crippen LogP contribution is 2.18. The molecule has 1 aliphatic rings. The molecule has 0 aromatic carbocycles. The number of hydrogen-bond donors (Lipinski definition) is 1. The number of hydrogen-bond acceptors (Lipinski definition) is 6. The number of thioether (sulfide) groups is 1. The van der Waals surface area contributed by atoms with E-state index >= 15 is 0 Å². The van der Waals surface area contributed by atoms with Crippen LogP contribution in [-0.2, 0) is 19.5 Å². The fourth-order valence-corrected chi connectivity index (χ4v) is 3.40. The maximum absolute atomic E-state index is 12.3. The van der Waals surface area contributed by atoms with Crippen molar-refractivity contribution in [2.45, 2.75) is 24.7 Å². The van der Waals surface area contributed by atoms with Crippen LogP contribution in [0, 0.1) is 0 Å². The van der Waals surface area contributed by atoms with Gasteiger partial charge >= 0.3 is 0 Å². The molecule has 0 saturated heterocycles. The van der Waals surface area contributed by atoms with Crippen molar-refractivity contribution < 1.29 is 0 Å². The first-order valence-corrected chi connectivity index (χ1v) is 9.04. The summed E-state index contributed by atoms with van der Waals surface area (Å²) >= 11 is 1.46. The second-order valence-electron chi connectivity index (χ2n) is 5.81. The number of aromatic amines is 1. The molecular formula is C17H17N5OS. The predicted molar refractivity (Wildman–Crippen MR) is 94.0 cm³/mol. The molecule has 24 heavy (non-hydrogen) atoms. The van der Waals surface area contributed by atoms with Crippen LogP contribution in [0.25, 0.3) is 11.0 Å². The zero-order valence-electron chi connectivity index (χ0n) is 13.3. The fraction of sp³-hybridized carbons (Fsp3) is 0.294. The van der Waals surface area contributed by atoms with E-state index < -0.39 is 0 Å². The molecule has 1 aliphatic heterocycles. The van der Waals surface area contributed by atoms with E-state index in [1.54, 1.807) is 6.20 Å². The van der Waals surface area contributed by atoms with Crippen LogP contribution < -0.4 is 5.56 Å². The molecule has 122 valence electrons. The summed E-state index contributed by atoms with van der Waals surface area (Å²) in [4.78, 5) is 30.8. The standard InChI is InChI=1S/C17H17N5OS/c1-24-17-20-14-6-8-22(10-13(14)16(23)21-17)9-12-5-4-11-3-2-7-18-15(11)19-12/h2-5,7H,6,8-10H2,1H3,(H,20,21,23). The van der Waals surface area contributed by atoms with Crippen LogP contribution in [0.1, 0.15) is 17.0 Å². The third kappa shape index (κ3) is 2.92. The molecule has 0 saturated carbocycles. The number of pyridine rings is 2. The minimum absolute atomic E-state index is 0.0258. The minimum Gasteiger partial charge on any atom is -0.301 e. The number of nitrogens with one attached hydrogen (secondary N) is 1. The Balaban J connectivity index is 1.57. The Bertz CT molecular complexity index is 955. The second kappa shape index (κ2) is 6.33. The zero-order chi connectivity index (χ0) is 16.5. The van der Waals surface area contributed by atoms with Gasteiger partial charge in [-0.05, 0) is 30.5 Å². The van der Waals surface area contributed by atoms with Crippen molar-refractivity contribution in [1.29, 1.82) is 0 Å². The van der Waals surface area contributed by atoms with Gasteiger partial charge < -0.3 is 4.98 Å². The molecule has 0 fully saturated rings. The summed E-state index contributed by atoms with van der Waals surface area (Å²) in [5.41, 5.74) is 3.40. The molecule has 7 heteroatoms. The Labute approximate surface area is 143 Å². The average molecular weight is 339 g/mol. The zero-order valence-corrected chi connectivity index (χ0v) is 14.1. The SMILES string of the molecule is CSc1nc2c(c(=O)[nH]1)CN(Cc1ccc3cccnc3n1)CC2. The molecule has 0 radical (unpaired) electrons. The van der Waals surface area contributed by atoms with E-state index in [9.17, 15) is 4.79 Å². The smallest absolute Gasteiger partial charge is 0.256 e. The summed E-state index contributed by atoms with van der Waals surface area (Å²) in [6.07, 6.45) is 4.46. The number of aromatic nitrogens is 4. The van der Waals surface area contributed by atoms with Crippen molar-refractivity contribution in [3.8, 4) is 0 Å². The lowest BCUT2D eigenvalue weighted by atomic mass is 10.1. The molecule has 0 atom stereocenters. The molecule has 3 aromatic rings. The Hall–Kier alpha value is -2.25. The van der Waals surface area contributed by atoms with Gasteiger partial charge in [-0.1, -0.05) is 11.8 Å². The lowest BCUT2D eigenvalue weighted by Gasteiger charge is -2.27. The second-order valence-corrected chi connectivity index (χ2v) is 6.61. The quantitative estimate of drug-likeness (QED) is 0.581. The Morgan fingerprint density at radius 1 is 1.29 bits per heavy atom. The summed E-state index contributed by atoms with van der Waals surface area (Å²) in [6.45, 7) is 2.18. The molecule has 0 aliphatic carbocycles. The van der Waals surface area contributed by atoms with Crippen LogP contribution in [0.2, 0.25) is 0 Å². The molecule has 0 spiro atoms. The van der Waals surface area contributed by atoms with Crippen molar-refractivity contribution in [3.63, 3.8) is 0 Å². The summed E-state index contributed by atoms with van der Waals surface area (Å²) in [5.74, 6) is 0. The highest BCUT2D eigenvalue weighted by molar-refractivity contribution is 7.98. The van der Waals surface area contributed by atoms with E-state index in [2.05, 4.69) is 24.8 Å². The van der Waals surface area contributed by atoms with Crippen LogP contribution in [0.5, 0.6) is 0 Å². The van der Waals surface area contributed by atoms with Crippen LogP contribution in [-0.4, -0.2) is 37.6 Å². The molecule has 6 nitrogen and oxygen atoms in total. The topological polar surface area (TPSA) is 74.8 Å². The van der Waals surface area contributed by atoms with E-state index in [0.717, 1.165) is 41.0 Å². The van der Waals surface area contributed by atoms with Gasteiger partial charge in [-0.3, -0.25) is 9.69 Å². The van der Waals surface area contributed by atoms with E-state index in [1.807, 2.05) is 30.5 Å². The van der Waals surface area contributed by atoms with E-state index in [-0.39, 0.29) is 5.56 Å². The Morgan fingerprint density at radius 2 is 2.21 bits per heavy atom. The third-order valence-electron chi connectivity index (χ3n) is 4.23. The van der Waals surface area contributed by atoms with Gasteiger partial charge in [0.05, 0.1) is 17.0 Å². The molecule has 0 bridgehead atoms. The third-order valence-corrected chi connectivity index (χ3v) is 4.81. The van der Waals surface area contributed by atoms with Gasteiger partial charge in [0.15, 0.2) is 10.8 Å². The highest BCUT2D eigenvalue weighted by atomic mass is 32.2. The Morgan fingerprint density at radius 3 is 3.08 bits per heavy atom. The number of fused-ring (bicyclic) bond motifs is 2. The van der Waals surface area contributed by atoms with Crippen molar-refractivity contribution in [2.24, 2.45) is 0 Å². The minimum atomic E-state index is -0.0258. The molecular weight excluding hydrogens is 322 g/mol. The molecule has 3 aromatic heterocycles. The van der Waals surface area contributed by atoms with Crippen molar-refractivity contribution >= 4 is 22.8 Å². The summed E-state index contributed by atoms with van der Waals surface area (Å²) in [7, 11) is 0. The molecule has 4 heterocycles. The van der Waals surface area contributed by atoms with Gasteiger partial charge in [-0.25, -0.2) is 15.0 Å². The van der Waals surface area contributed by atoms with E-state index in [0.29, 0.717) is 18.2 Å². The van der Waals surface area contributed by atoms with Crippen molar-refractivity contribution in [3.05, 3.63) is 57.8 Å². The van der Waals surface area contributed by atoms with Crippen LogP contribution >= 0.6 is 11.8 Å². The number of rotatable bonds is 3. The summed E-state index contributed by atoms with van der Waals surface area (Å²) in [5, 5.41) is 1.73. The monoisotopic (exact) mass is 339 g/mol. The van der Waals surface area contributed by atoms with Crippen LogP contribution in [0.4, 0.5) is 0 Å². The van der Waals surface area contributed by atoms with Gasteiger partial charge in [0.25, 0.3) is 5.56 Å². The van der Waals surface area contributed by atoms with E-state index in [4.69, 9.17) is 0 Å². The maximum Gasteiger partial charge on any atom is 0.256 e. The molecule has 1 N–H and O–H groups in total. The van der Waals surface area contributed by atoms with Crippen LogP contribution in [0.15, 0.2) is 40.4 Å². The molecule has 0 unspecified atom stereocenters. The predicted octanol–water partition coefficient (Wildman–Crippen LogP) is 1.99. The van der Waals surface area contributed by atoms with Gasteiger partial charge in [0.2, 0.25) is 0 Å². The van der Waals surface area contributed by atoms with E-state index in [1.165, 1.54) is 11.8 Å². The average Bonchev–Trinajstić information content (AvgIpc) is 2.62. The lowest BCUT2D eigenvalue weighted by Crippen LogP contribution is -2.35. The summed E-state index contributed by atoms with van der Waals surface area (Å²) in [6, 6.07) is 7.98. The number of H-pyrrole nitrogens is 1. The Kier molecular flexibility index (Phi) is 4.03. The van der Waals surface area contributed by atoms with Gasteiger partial charge in [0.1, 0.15) is 0 Å².